The fourth-order valence-electron chi connectivity index (χ4n) is 2.62. The molecular weight excluding hydrogens is 366 g/mol. The Balaban J connectivity index is 2.53. The molecule has 1 aliphatic rings. The van der Waals surface area contributed by atoms with E-state index in [9.17, 15) is 13.6 Å². The van der Waals surface area contributed by atoms with E-state index in [1.54, 1.807) is 31.9 Å². The van der Waals surface area contributed by atoms with Gasteiger partial charge in [-0.25, -0.2) is 4.79 Å². The molecule has 1 aromatic rings. The Morgan fingerprint density at radius 3 is 2.65 bits per heavy atom. The molecule has 0 bridgehead atoms. The number of halogens is 2. The van der Waals surface area contributed by atoms with Gasteiger partial charge >= 0.3 is 12.6 Å². The molecule has 1 aromatic carbocycles. The van der Waals surface area contributed by atoms with Gasteiger partial charge in [0.15, 0.2) is 16.6 Å². The highest BCUT2D eigenvalue weighted by atomic mass is 32.1. The number of rotatable bonds is 6. The van der Waals surface area contributed by atoms with Gasteiger partial charge in [0, 0.05) is 12.7 Å². The number of alkyl halides is 2. The van der Waals surface area contributed by atoms with Crippen molar-refractivity contribution >= 4 is 23.3 Å². The summed E-state index contributed by atoms with van der Waals surface area (Å²) in [7, 11) is 3.07. The predicted molar refractivity (Wildman–Crippen MR) is 95.2 cm³/mol. The van der Waals surface area contributed by atoms with Crippen LogP contribution >= 0.6 is 12.2 Å². The Labute approximate surface area is 155 Å². The number of nitrogens with one attached hydrogen (secondary N) is 1. The molecule has 1 aliphatic heterocycles. The molecule has 9 heteroatoms. The monoisotopic (exact) mass is 386 g/mol. The number of carbonyl (C=O) groups is 1. The van der Waals surface area contributed by atoms with Gasteiger partial charge in [0.25, 0.3) is 0 Å². The predicted octanol–water partition coefficient (Wildman–Crippen LogP) is 2.99. The van der Waals surface area contributed by atoms with Crippen LogP contribution in [0.25, 0.3) is 0 Å². The highest BCUT2D eigenvalue weighted by molar-refractivity contribution is 7.80. The average molecular weight is 386 g/mol. The van der Waals surface area contributed by atoms with E-state index in [-0.39, 0.29) is 18.1 Å². The molecule has 0 radical (unpaired) electrons. The minimum absolute atomic E-state index is 0.132. The summed E-state index contributed by atoms with van der Waals surface area (Å²) >= 11 is 5.29. The molecular formula is C17H20F2N2O4S. The quantitative estimate of drug-likeness (QED) is 0.596. The standard InChI is InChI=1S/C17H20F2N2O4S/c1-5-24-15(22)13-9(2)21(3)17(26)20-14(13)10-6-7-11(23-4)12(8-10)25-16(18)19/h6-8,14,16H,5H2,1-4H3,(H,20,26). The third kappa shape index (κ3) is 4.04. The minimum Gasteiger partial charge on any atom is -0.493 e. The van der Waals surface area contributed by atoms with Crippen LogP contribution in [-0.2, 0) is 9.53 Å². The molecule has 142 valence electrons. The van der Waals surface area contributed by atoms with Crippen molar-refractivity contribution in [1.82, 2.24) is 10.2 Å². The lowest BCUT2D eigenvalue weighted by Crippen LogP contribution is -2.46. The number of nitrogens with zero attached hydrogens (tertiary/aromatic N) is 1. The molecule has 0 saturated carbocycles. The van der Waals surface area contributed by atoms with Crippen LogP contribution in [0, 0.1) is 0 Å². The maximum absolute atomic E-state index is 12.7. The van der Waals surface area contributed by atoms with Crippen molar-refractivity contribution in [2.24, 2.45) is 0 Å². The lowest BCUT2D eigenvalue weighted by Gasteiger charge is -2.35. The van der Waals surface area contributed by atoms with Gasteiger partial charge in [-0.05, 0) is 43.8 Å². The molecule has 0 aliphatic carbocycles. The molecule has 1 unspecified atom stereocenters. The smallest absolute Gasteiger partial charge is 0.387 e. The Hall–Kier alpha value is -2.42. The number of esters is 1. The third-order valence-electron chi connectivity index (χ3n) is 3.99. The van der Waals surface area contributed by atoms with Crippen LogP contribution in [0.1, 0.15) is 25.5 Å². The molecule has 1 heterocycles. The van der Waals surface area contributed by atoms with Gasteiger partial charge in [-0.2, -0.15) is 8.78 Å². The Morgan fingerprint density at radius 2 is 2.08 bits per heavy atom. The summed E-state index contributed by atoms with van der Waals surface area (Å²) in [5.41, 5.74) is 1.47. The van der Waals surface area contributed by atoms with Crippen LogP contribution < -0.4 is 14.8 Å². The van der Waals surface area contributed by atoms with E-state index in [0.717, 1.165) is 0 Å². The second kappa shape index (κ2) is 8.31. The van der Waals surface area contributed by atoms with Crippen molar-refractivity contribution < 1.29 is 27.8 Å². The fraction of sp³-hybridized carbons (Fsp3) is 0.412. The van der Waals surface area contributed by atoms with E-state index >= 15 is 0 Å². The molecule has 0 spiro atoms. The van der Waals surface area contributed by atoms with Crippen molar-refractivity contribution in [3.8, 4) is 11.5 Å². The summed E-state index contributed by atoms with van der Waals surface area (Å²) in [5, 5.41) is 3.43. The van der Waals surface area contributed by atoms with Gasteiger partial charge in [-0.1, -0.05) is 6.07 Å². The number of ether oxygens (including phenoxy) is 3. The van der Waals surface area contributed by atoms with Gasteiger partial charge in [-0.3, -0.25) is 0 Å². The van der Waals surface area contributed by atoms with Crippen molar-refractivity contribution in [2.75, 3.05) is 20.8 Å². The molecule has 6 nitrogen and oxygen atoms in total. The Bertz CT molecular complexity index is 739. The molecule has 0 amide bonds. The second-order valence-electron chi connectivity index (χ2n) is 5.45. The van der Waals surface area contributed by atoms with Crippen LogP contribution in [0.3, 0.4) is 0 Å². The van der Waals surface area contributed by atoms with Gasteiger partial charge in [-0.15, -0.1) is 0 Å². The first-order chi connectivity index (χ1) is 12.3. The summed E-state index contributed by atoms with van der Waals surface area (Å²) in [6, 6.07) is 3.87. The Kier molecular flexibility index (Phi) is 6.36. The summed E-state index contributed by atoms with van der Waals surface area (Å²) in [6.45, 7) is 0.647. The van der Waals surface area contributed by atoms with Gasteiger partial charge < -0.3 is 24.4 Å². The van der Waals surface area contributed by atoms with Crippen LogP contribution in [0.4, 0.5) is 8.78 Å². The number of allylic oxidation sites excluding steroid dienone is 1. The van der Waals surface area contributed by atoms with Crippen LogP contribution in [0.5, 0.6) is 11.5 Å². The third-order valence-corrected chi connectivity index (χ3v) is 4.38. The van der Waals surface area contributed by atoms with E-state index < -0.39 is 18.6 Å². The Morgan fingerprint density at radius 1 is 1.38 bits per heavy atom. The molecule has 1 atom stereocenters. The van der Waals surface area contributed by atoms with E-state index in [4.69, 9.17) is 21.7 Å². The molecule has 2 rings (SSSR count). The largest absolute Gasteiger partial charge is 0.493 e. The van der Waals surface area contributed by atoms with E-state index in [1.165, 1.54) is 19.2 Å². The topological polar surface area (TPSA) is 60.0 Å². The number of thiocarbonyl (C=S) groups is 1. The number of carbonyl (C=O) groups excluding carboxylic acids is 1. The fourth-order valence-corrected chi connectivity index (χ4v) is 2.87. The van der Waals surface area contributed by atoms with Crippen molar-refractivity contribution in [3.63, 3.8) is 0 Å². The highest BCUT2D eigenvalue weighted by Crippen LogP contribution is 2.36. The molecule has 0 fully saturated rings. The van der Waals surface area contributed by atoms with E-state index in [2.05, 4.69) is 10.1 Å². The SMILES string of the molecule is CCOC(=O)C1=C(C)N(C)C(=S)NC1c1ccc(OC)c(OC(F)F)c1. The minimum atomic E-state index is -3.01. The first-order valence-corrected chi connectivity index (χ1v) is 8.25. The highest BCUT2D eigenvalue weighted by Gasteiger charge is 2.34. The molecule has 0 saturated heterocycles. The zero-order chi connectivity index (χ0) is 19.4. The summed E-state index contributed by atoms with van der Waals surface area (Å²) < 4.78 is 40.1. The normalized spacial score (nSPS) is 17.3. The van der Waals surface area contributed by atoms with Crippen molar-refractivity contribution in [2.45, 2.75) is 26.5 Å². The zero-order valence-corrected chi connectivity index (χ0v) is 15.7. The number of methoxy groups -OCH3 is 1. The summed E-state index contributed by atoms with van der Waals surface area (Å²) in [6.07, 6.45) is 0. The van der Waals surface area contributed by atoms with E-state index in [1.807, 2.05) is 0 Å². The summed E-state index contributed by atoms with van der Waals surface area (Å²) in [5.74, 6) is -0.487. The zero-order valence-electron chi connectivity index (χ0n) is 14.8. The molecule has 26 heavy (non-hydrogen) atoms. The lowest BCUT2D eigenvalue weighted by atomic mass is 9.95. The maximum atomic E-state index is 12.7. The second-order valence-corrected chi connectivity index (χ2v) is 5.84. The molecule has 0 aromatic heterocycles. The van der Waals surface area contributed by atoms with Gasteiger partial charge in [0.05, 0.1) is 25.3 Å². The van der Waals surface area contributed by atoms with E-state index in [0.29, 0.717) is 21.9 Å². The van der Waals surface area contributed by atoms with Gasteiger partial charge in [0.1, 0.15) is 0 Å². The van der Waals surface area contributed by atoms with Crippen LogP contribution in [-0.4, -0.2) is 43.4 Å². The number of benzene rings is 1. The summed E-state index contributed by atoms with van der Waals surface area (Å²) in [4.78, 5) is 14.1. The van der Waals surface area contributed by atoms with Crippen LogP contribution in [0.2, 0.25) is 0 Å². The van der Waals surface area contributed by atoms with Crippen LogP contribution in [0.15, 0.2) is 29.5 Å². The lowest BCUT2D eigenvalue weighted by molar-refractivity contribution is -0.139. The maximum Gasteiger partial charge on any atom is 0.387 e. The number of hydrogen-bond acceptors (Lipinski definition) is 5. The van der Waals surface area contributed by atoms with Crippen molar-refractivity contribution in [1.29, 1.82) is 0 Å². The first kappa shape index (κ1) is 19.9. The van der Waals surface area contributed by atoms with Crippen molar-refractivity contribution in [3.05, 3.63) is 35.0 Å². The first-order valence-electron chi connectivity index (χ1n) is 7.85. The number of hydrogen-bond donors (Lipinski definition) is 1. The average Bonchev–Trinajstić information content (AvgIpc) is 2.58. The van der Waals surface area contributed by atoms with Gasteiger partial charge in [0.2, 0.25) is 0 Å². The molecule has 1 N–H and O–H groups in total.